The molecular weight excluding hydrogens is 456 g/mol. The molecule has 190 valence electrons. The van der Waals surface area contributed by atoms with Gasteiger partial charge in [-0.25, -0.2) is 4.79 Å². The first kappa shape index (κ1) is 27.3. The topological polar surface area (TPSA) is 58.6 Å². The highest BCUT2D eigenvalue weighted by molar-refractivity contribution is 7.98. The summed E-state index contributed by atoms with van der Waals surface area (Å²) in [7, 11) is 3.54. The van der Waals surface area contributed by atoms with E-state index < -0.39 is 12.0 Å². The number of benzene rings is 2. The van der Waals surface area contributed by atoms with Gasteiger partial charge in [0.2, 0.25) is 0 Å². The van der Waals surface area contributed by atoms with Gasteiger partial charge in [-0.05, 0) is 73.2 Å². The zero-order valence-electron chi connectivity index (χ0n) is 21.4. The first-order chi connectivity index (χ1) is 17.0. The van der Waals surface area contributed by atoms with Crippen molar-refractivity contribution in [3.05, 3.63) is 59.7 Å². The maximum absolute atomic E-state index is 13.3. The van der Waals surface area contributed by atoms with Crippen LogP contribution in [0.5, 0.6) is 0 Å². The number of hydrogen-bond acceptors (Lipinski definition) is 5. The summed E-state index contributed by atoms with van der Waals surface area (Å²) in [6.07, 6.45) is 10.7. The maximum Gasteiger partial charge on any atom is 0.328 e. The molecule has 0 aliphatic heterocycles. The zero-order valence-corrected chi connectivity index (χ0v) is 22.2. The summed E-state index contributed by atoms with van der Waals surface area (Å²) in [5.74, 6) is 0.964. The van der Waals surface area contributed by atoms with E-state index in [0.717, 1.165) is 35.9 Å². The van der Waals surface area contributed by atoms with Gasteiger partial charge in [0.15, 0.2) is 0 Å². The molecule has 1 fully saturated rings. The van der Waals surface area contributed by atoms with Gasteiger partial charge in [0.25, 0.3) is 5.91 Å². The maximum atomic E-state index is 13.3. The lowest BCUT2D eigenvalue weighted by molar-refractivity contribution is -0.142. The molecule has 6 heteroatoms. The minimum absolute atomic E-state index is 0.252. The fraction of sp³-hybridized carbons (Fsp3) is 0.517. The molecular formula is C29H40N2O3S. The molecule has 3 rings (SSSR count). The molecule has 1 saturated carbocycles. The summed E-state index contributed by atoms with van der Waals surface area (Å²) in [5.41, 5.74) is 3.62. The van der Waals surface area contributed by atoms with Gasteiger partial charge in [-0.1, -0.05) is 68.5 Å². The zero-order chi connectivity index (χ0) is 25.0. The summed E-state index contributed by atoms with van der Waals surface area (Å²) in [6.45, 7) is 1.93. The van der Waals surface area contributed by atoms with Crippen LogP contribution in [0.1, 0.15) is 60.9 Å². The van der Waals surface area contributed by atoms with Gasteiger partial charge in [0.05, 0.1) is 7.11 Å². The molecule has 1 atom stereocenters. The average Bonchev–Trinajstić information content (AvgIpc) is 2.90. The van der Waals surface area contributed by atoms with E-state index in [1.807, 2.05) is 48.7 Å². The van der Waals surface area contributed by atoms with E-state index in [1.54, 1.807) is 11.8 Å². The number of thioether (sulfide) groups is 1. The molecule has 2 aromatic rings. The summed E-state index contributed by atoms with van der Waals surface area (Å²) < 4.78 is 4.92. The van der Waals surface area contributed by atoms with Crippen molar-refractivity contribution in [2.75, 3.05) is 32.7 Å². The monoisotopic (exact) mass is 496 g/mol. The Balaban J connectivity index is 1.76. The Hall–Kier alpha value is -2.31. The third-order valence-electron chi connectivity index (χ3n) is 6.91. The third kappa shape index (κ3) is 8.39. The number of hydrogen-bond donors (Lipinski definition) is 1. The highest BCUT2D eigenvalue weighted by Crippen LogP contribution is 2.28. The molecule has 0 radical (unpaired) electrons. The fourth-order valence-electron chi connectivity index (χ4n) is 4.88. The molecule has 0 bridgehead atoms. The number of methoxy groups -OCH3 is 1. The number of amides is 1. The Kier molecular flexibility index (Phi) is 11.1. The van der Waals surface area contributed by atoms with Gasteiger partial charge in [0.1, 0.15) is 6.04 Å². The van der Waals surface area contributed by atoms with Crippen LogP contribution in [0, 0.1) is 5.92 Å². The summed E-state index contributed by atoms with van der Waals surface area (Å²) in [6, 6.07) is 15.4. The Labute approximate surface area is 215 Å². The Morgan fingerprint density at radius 2 is 1.86 bits per heavy atom. The summed E-state index contributed by atoms with van der Waals surface area (Å²) >= 11 is 1.64. The number of nitrogens with one attached hydrogen (secondary N) is 1. The van der Waals surface area contributed by atoms with Crippen molar-refractivity contribution in [3.8, 4) is 11.1 Å². The lowest BCUT2D eigenvalue weighted by atomic mass is 9.87. The van der Waals surface area contributed by atoms with Crippen LogP contribution in [-0.2, 0) is 16.1 Å². The van der Waals surface area contributed by atoms with E-state index >= 15 is 0 Å². The van der Waals surface area contributed by atoms with Crippen LogP contribution in [0.25, 0.3) is 11.1 Å². The largest absolute Gasteiger partial charge is 0.467 e. The highest BCUT2D eigenvalue weighted by atomic mass is 32.2. The summed E-state index contributed by atoms with van der Waals surface area (Å²) in [4.78, 5) is 27.9. The summed E-state index contributed by atoms with van der Waals surface area (Å²) in [5, 5.41) is 2.91. The van der Waals surface area contributed by atoms with E-state index in [-0.39, 0.29) is 5.91 Å². The Morgan fingerprint density at radius 3 is 2.54 bits per heavy atom. The fourth-order valence-corrected chi connectivity index (χ4v) is 5.35. The van der Waals surface area contributed by atoms with Gasteiger partial charge in [0, 0.05) is 12.1 Å². The second-order valence-corrected chi connectivity index (χ2v) is 10.6. The average molecular weight is 497 g/mol. The van der Waals surface area contributed by atoms with Gasteiger partial charge >= 0.3 is 5.97 Å². The molecule has 1 aliphatic carbocycles. The van der Waals surface area contributed by atoms with Crippen molar-refractivity contribution < 1.29 is 14.3 Å². The first-order valence-electron chi connectivity index (χ1n) is 12.8. The second-order valence-electron chi connectivity index (χ2n) is 9.61. The van der Waals surface area contributed by atoms with Gasteiger partial charge in [-0.15, -0.1) is 0 Å². The molecule has 2 aromatic carbocycles. The van der Waals surface area contributed by atoms with Gasteiger partial charge in [-0.2, -0.15) is 11.8 Å². The number of nitrogens with zero attached hydrogens (tertiary/aromatic N) is 1. The molecule has 0 saturated heterocycles. The predicted molar refractivity (Wildman–Crippen MR) is 146 cm³/mol. The molecule has 35 heavy (non-hydrogen) atoms. The second kappa shape index (κ2) is 14.3. The smallest absolute Gasteiger partial charge is 0.328 e. The Bertz CT molecular complexity index is 944. The first-order valence-corrected chi connectivity index (χ1v) is 14.2. The van der Waals surface area contributed by atoms with Crippen LogP contribution in [0.2, 0.25) is 0 Å². The molecule has 1 N–H and O–H groups in total. The molecule has 1 aliphatic rings. The van der Waals surface area contributed by atoms with Crippen molar-refractivity contribution in [2.24, 2.45) is 5.92 Å². The minimum Gasteiger partial charge on any atom is -0.467 e. The normalized spacial score (nSPS) is 15.1. The van der Waals surface area contributed by atoms with Crippen LogP contribution in [0.4, 0.5) is 0 Å². The van der Waals surface area contributed by atoms with Crippen molar-refractivity contribution in [1.29, 1.82) is 0 Å². The van der Waals surface area contributed by atoms with Crippen LogP contribution in [-0.4, -0.2) is 55.5 Å². The lowest BCUT2D eigenvalue weighted by Crippen LogP contribution is -2.42. The quantitative estimate of drug-likeness (QED) is 0.378. The number of esters is 1. The number of carbonyl (C=O) groups excluding carboxylic acids is 2. The van der Waals surface area contributed by atoms with E-state index in [2.05, 4.69) is 23.3 Å². The van der Waals surface area contributed by atoms with Gasteiger partial charge in [-0.3, -0.25) is 4.79 Å². The van der Waals surface area contributed by atoms with E-state index in [9.17, 15) is 9.59 Å². The molecule has 0 heterocycles. The van der Waals surface area contributed by atoms with Crippen molar-refractivity contribution >= 4 is 23.6 Å². The highest BCUT2D eigenvalue weighted by Gasteiger charge is 2.23. The lowest BCUT2D eigenvalue weighted by Gasteiger charge is -2.25. The number of carbonyl (C=O) groups is 2. The van der Waals surface area contributed by atoms with Crippen LogP contribution >= 0.6 is 11.8 Å². The van der Waals surface area contributed by atoms with Crippen LogP contribution in [0.15, 0.2) is 48.5 Å². The molecule has 0 aromatic heterocycles. The SMILES string of the molecule is COC(=O)C(CCSC)NC(=O)c1ccc(CN(C)CCC2CCCCC2)cc1-c1ccccc1. The molecule has 1 unspecified atom stereocenters. The van der Waals surface area contributed by atoms with Crippen LogP contribution in [0.3, 0.4) is 0 Å². The minimum atomic E-state index is -0.658. The van der Waals surface area contributed by atoms with Crippen molar-refractivity contribution in [3.63, 3.8) is 0 Å². The van der Waals surface area contributed by atoms with Crippen molar-refractivity contribution in [1.82, 2.24) is 10.2 Å². The van der Waals surface area contributed by atoms with Gasteiger partial charge < -0.3 is 15.0 Å². The molecule has 5 nitrogen and oxygen atoms in total. The number of ether oxygens (including phenoxy) is 1. The predicted octanol–water partition coefficient (Wildman–Crippen LogP) is 5.78. The van der Waals surface area contributed by atoms with Crippen LogP contribution < -0.4 is 5.32 Å². The van der Waals surface area contributed by atoms with E-state index in [1.165, 1.54) is 51.2 Å². The van der Waals surface area contributed by atoms with Crippen molar-refractivity contribution in [2.45, 2.75) is 57.5 Å². The third-order valence-corrected chi connectivity index (χ3v) is 7.56. The molecule has 1 amide bonds. The Morgan fingerprint density at radius 1 is 1.11 bits per heavy atom. The van der Waals surface area contributed by atoms with E-state index in [4.69, 9.17) is 4.74 Å². The standard InChI is InChI=1S/C29H40N2O3S/c1-31(18-16-22-10-6-4-7-11-22)21-23-14-15-25(26(20-23)24-12-8-5-9-13-24)28(32)30-27(17-19-35-3)29(33)34-2/h5,8-9,12-15,20,22,27H,4,6-7,10-11,16-19,21H2,1-3H3,(H,30,32). The van der Waals surface area contributed by atoms with E-state index in [0.29, 0.717) is 12.0 Å². The number of rotatable bonds is 12. The molecule has 0 spiro atoms.